The van der Waals surface area contributed by atoms with Crippen LogP contribution in [0, 0.1) is 5.92 Å². The van der Waals surface area contributed by atoms with Gasteiger partial charge >= 0.3 is 6.61 Å². The van der Waals surface area contributed by atoms with E-state index in [0.29, 0.717) is 17.1 Å². The highest BCUT2D eigenvalue weighted by atomic mass is 19.3. The SMILES string of the molecule is COc1cc(OC)cc(C(=O)N[C@H](C(=O)N(C)Cc2ccc(OC(F)F)c(OC)c2)C(C)C)c1. The molecule has 0 aliphatic carbocycles. The zero-order valence-corrected chi connectivity index (χ0v) is 20.1. The molecule has 0 fully saturated rings. The number of hydrogen-bond acceptors (Lipinski definition) is 6. The second-order valence-electron chi connectivity index (χ2n) is 7.85. The molecule has 0 saturated heterocycles. The van der Waals surface area contributed by atoms with Crippen molar-refractivity contribution in [1.82, 2.24) is 10.2 Å². The molecule has 0 unspecified atom stereocenters. The highest BCUT2D eigenvalue weighted by Gasteiger charge is 2.28. The molecule has 186 valence electrons. The Bertz CT molecular complexity index is 977. The van der Waals surface area contributed by atoms with Crippen LogP contribution in [0.3, 0.4) is 0 Å². The van der Waals surface area contributed by atoms with Gasteiger partial charge in [0, 0.05) is 25.2 Å². The van der Waals surface area contributed by atoms with Crippen molar-refractivity contribution in [2.24, 2.45) is 5.92 Å². The lowest BCUT2D eigenvalue weighted by Gasteiger charge is -2.27. The first-order valence-electron chi connectivity index (χ1n) is 10.5. The first-order valence-corrected chi connectivity index (χ1v) is 10.5. The molecule has 34 heavy (non-hydrogen) atoms. The van der Waals surface area contributed by atoms with Crippen molar-refractivity contribution in [3.05, 3.63) is 47.5 Å². The maximum atomic E-state index is 13.2. The third-order valence-corrected chi connectivity index (χ3v) is 5.07. The molecular formula is C24H30F2N2O6. The molecular weight excluding hydrogens is 450 g/mol. The zero-order valence-electron chi connectivity index (χ0n) is 20.1. The fraction of sp³-hybridized carbons (Fsp3) is 0.417. The molecule has 0 saturated carbocycles. The summed E-state index contributed by atoms with van der Waals surface area (Å²) in [5.41, 5.74) is 0.928. The van der Waals surface area contributed by atoms with Gasteiger partial charge in [0.1, 0.15) is 17.5 Å². The second kappa shape index (κ2) is 12.1. The van der Waals surface area contributed by atoms with Crippen LogP contribution in [0.15, 0.2) is 36.4 Å². The van der Waals surface area contributed by atoms with Crippen LogP contribution in [-0.2, 0) is 11.3 Å². The van der Waals surface area contributed by atoms with Gasteiger partial charge in [-0.05, 0) is 35.7 Å². The van der Waals surface area contributed by atoms with Crippen molar-refractivity contribution < 1.29 is 37.3 Å². The average molecular weight is 481 g/mol. The maximum Gasteiger partial charge on any atom is 0.387 e. The lowest BCUT2D eigenvalue weighted by atomic mass is 10.0. The molecule has 0 aliphatic rings. The van der Waals surface area contributed by atoms with Crippen molar-refractivity contribution in [3.63, 3.8) is 0 Å². The molecule has 1 atom stereocenters. The number of halogens is 2. The molecule has 0 heterocycles. The van der Waals surface area contributed by atoms with Gasteiger partial charge in [0.2, 0.25) is 5.91 Å². The van der Waals surface area contributed by atoms with Crippen LogP contribution in [0.4, 0.5) is 8.78 Å². The minimum Gasteiger partial charge on any atom is -0.497 e. The van der Waals surface area contributed by atoms with E-state index in [1.54, 1.807) is 31.3 Å². The molecule has 0 spiro atoms. The van der Waals surface area contributed by atoms with Crippen LogP contribution in [0.25, 0.3) is 0 Å². The zero-order chi connectivity index (χ0) is 25.4. The largest absolute Gasteiger partial charge is 0.497 e. The summed E-state index contributed by atoms with van der Waals surface area (Å²) in [6, 6.07) is 8.39. The highest BCUT2D eigenvalue weighted by Crippen LogP contribution is 2.30. The standard InChI is InChI=1S/C24H30F2N2O6/c1-14(2)21(27-22(29)16-10-17(31-4)12-18(11-16)32-5)23(30)28(3)13-15-7-8-19(34-24(25)26)20(9-15)33-6/h7-12,14,21,24H,13H2,1-6H3,(H,27,29)/t21-/m0/s1. The molecule has 8 nitrogen and oxygen atoms in total. The van der Waals surface area contributed by atoms with Gasteiger partial charge < -0.3 is 29.2 Å². The maximum absolute atomic E-state index is 13.2. The summed E-state index contributed by atoms with van der Waals surface area (Å²) in [7, 11) is 5.89. The number of rotatable bonds is 11. The van der Waals surface area contributed by atoms with Gasteiger partial charge in [-0.15, -0.1) is 0 Å². The smallest absolute Gasteiger partial charge is 0.387 e. The van der Waals surface area contributed by atoms with E-state index >= 15 is 0 Å². The summed E-state index contributed by atoms with van der Waals surface area (Å²) in [6.07, 6.45) is 0. The Morgan fingerprint density at radius 1 is 0.941 bits per heavy atom. The minimum absolute atomic E-state index is 0.101. The Labute approximate surface area is 197 Å². The number of nitrogens with zero attached hydrogens (tertiary/aromatic N) is 1. The fourth-order valence-corrected chi connectivity index (χ4v) is 3.27. The Morgan fingerprint density at radius 2 is 1.56 bits per heavy atom. The molecule has 0 aromatic heterocycles. The van der Waals surface area contributed by atoms with E-state index in [4.69, 9.17) is 14.2 Å². The third-order valence-electron chi connectivity index (χ3n) is 5.07. The predicted molar refractivity (Wildman–Crippen MR) is 122 cm³/mol. The number of amides is 2. The van der Waals surface area contributed by atoms with Crippen LogP contribution < -0.4 is 24.3 Å². The van der Waals surface area contributed by atoms with E-state index in [2.05, 4.69) is 10.1 Å². The number of likely N-dealkylation sites (N-methyl/N-ethyl adjacent to an activating group) is 1. The summed E-state index contributed by atoms with van der Waals surface area (Å²) in [5, 5.41) is 2.79. The van der Waals surface area contributed by atoms with E-state index < -0.39 is 18.6 Å². The van der Waals surface area contributed by atoms with Crippen molar-refractivity contribution in [3.8, 4) is 23.0 Å². The summed E-state index contributed by atoms with van der Waals surface area (Å²) in [4.78, 5) is 27.5. The molecule has 1 N–H and O–H groups in total. The van der Waals surface area contributed by atoms with E-state index in [0.717, 1.165) is 0 Å². The van der Waals surface area contributed by atoms with Gasteiger partial charge in [-0.25, -0.2) is 0 Å². The van der Waals surface area contributed by atoms with Crippen molar-refractivity contribution in [1.29, 1.82) is 0 Å². The number of carbonyl (C=O) groups is 2. The molecule has 10 heteroatoms. The second-order valence-corrected chi connectivity index (χ2v) is 7.85. The number of ether oxygens (including phenoxy) is 4. The molecule has 2 rings (SSSR count). The topological polar surface area (TPSA) is 86.3 Å². The van der Waals surface area contributed by atoms with Gasteiger partial charge in [0.05, 0.1) is 21.3 Å². The van der Waals surface area contributed by atoms with Crippen LogP contribution in [0.2, 0.25) is 0 Å². The predicted octanol–water partition coefficient (Wildman–Crippen LogP) is 3.73. The lowest BCUT2D eigenvalue weighted by molar-refractivity contribution is -0.133. The van der Waals surface area contributed by atoms with Crippen molar-refractivity contribution in [2.45, 2.75) is 33.0 Å². The first kappa shape index (κ1) is 26.7. The van der Waals surface area contributed by atoms with Crippen molar-refractivity contribution in [2.75, 3.05) is 28.4 Å². The van der Waals surface area contributed by atoms with E-state index in [-0.39, 0.29) is 35.4 Å². The number of nitrogens with one attached hydrogen (secondary N) is 1. The molecule has 0 bridgehead atoms. The molecule has 0 radical (unpaired) electrons. The average Bonchev–Trinajstić information content (AvgIpc) is 2.81. The summed E-state index contributed by atoms with van der Waals surface area (Å²) in [6.45, 7) is 0.824. The molecule has 0 aliphatic heterocycles. The molecule has 2 amide bonds. The summed E-state index contributed by atoms with van der Waals surface area (Å²) in [5.74, 6) is -0.0548. The van der Waals surface area contributed by atoms with Crippen molar-refractivity contribution >= 4 is 11.8 Å². The van der Waals surface area contributed by atoms with Gasteiger partial charge in [-0.3, -0.25) is 9.59 Å². The highest BCUT2D eigenvalue weighted by molar-refractivity contribution is 5.98. The van der Waals surface area contributed by atoms with E-state index in [1.807, 2.05) is 13.8 Å². The summed E-state index contributed by atoms with van der Waals surface area (Å²) < 4.78 is 45.1. The molecule has 2 aromatic carbocycles. The number of alkyl halides is 2. The number of carbonyl (C=O) groups excluding carboxylic acids is 2. The van der Waals surface area contributed by atoms with Gasteiger partial charge in [0.15, 0.2) is 11.5 Å². The summed E-state index contributed by atoms with van der Waals surface area (Å²) >= 11 is 0. The third kappa shape index (κ3) is 6.97. The van der Waals surface area contributed by atoms with Gasteiger partial charge in [0.25, 0.3) is 5.91 Å². The van der Waals surface area contributed by atoms with E-state index in [9.17, 15) is 18.4 Å². The quantitative estimate of drug-likeness (QED) is 0.528. The molecule has 2 aromatic rings. The van der Waals surface area contributed by atoms with Crippen LogP contribution in [0.1, 0.15) is 29.8 Å². The Kier molecular flexibility index (Phi) is 9.47. The normalized spacial score (nSPS) is 11.7. The first-order chi connectivity index (χ1) is 16.1. The lowest BCUT2D eigenvalue weighted by Crippen LogP contribution is -2.50. The number of hydrogen-bond donors (Lipinski definition) is 1. The minimum atomic E-state index is -2.98. The van der Waals surface area contributed by atoms with Crippen LogP contribution in [0.5, 0.6) is 23.0 Å². The Hall–Kier alpha value is -3.56. The van der Waals surface area contributed by atoms with Gasteiger partial charge in [-0.2, -0.15) is 8.78 Å². The fourth-order valence-electron chi connectivity index (χ4n) is 3.27. The number of methoxy groups -OCH3 is 3. The number of benzene rings is 2. The van der Waals surface area contributed by atoms with Crippen LogP contribution >= 0.6 is 0 Å². The van der Waals surface area contributed by atoms with E-state index in [1.165, 1.54) is 38.4 Å². The monoisotopic (exact) mass is 480 g/mol. The Balaban J connectivity index is 2.17. The van der Waals surface area contributed by atoms with Gasteiger partial charge in [-0.1, -0.05) is 19.9 Å². The van der Waals surface area contributed by atoms with Crippen LogP contribution in [-0.4, -0.2) is 57.7 Å². The Morgan fingerprint density at radius 3 is 2.06 bits per heavy atom.